The molecule has 1 aromatic heterocycles. The van der Waals surface area contributed by atoms with Crippen molar-refractivity contribution < 1.29 is 9.21 Å². The molecule has 5 nitrogen and oxygen atoms in total. The molecule has 0 bridgehead atoms. The van der Waals surface area contributed by atoms with Crippen LogP contribution in [0.5, 0.6) is 0 Å². The number of nitrogens with two attached hydrogens (primary N) is 1. The van der Waals surface area contributed by atoms with Gasteiger partial charge in [0.1, 0.15) is 5.76 Å². The lowest BCUT2D eigenvalue weighted by Gasteiger charge is -2.32. The van der Waals surface area contributed by atoms with E-state index in [1.807, 2.05) is 32.9 Å². The molecule has 1 amide bonds. The van der Waals surface area contributed by atoms with Gasteiger partial charge >= 0.3 is 0 Å². The Morgan fingerprint density at radius 3 is 2.68 bits per heavy atom. The zero-order valence-corrected chi connectivity index (χ0v) is 12.1. The maximum Gasteiger partial charge on any atom is 0.234 e. The van der Waals surface area contributed by atoms with Crippen LogP contribution < -0.4 is 11.1 Å². The van der Waals surface area contributed by atoms with Crippen molar-refractivity contribution in [1.82, 2.24) is 10.2 Å². The number of carbonyl (C=O) groups excluding carboxylic acids is 1. The Morgan fingerprint density at radius 1 is 1.47 bits per heavy atom. The summed E-state index contributed by atoms with van der Waals surface area (Å²) in [5, 5.41) is 2.82. The molecule has 0 spiro atoms. The molecule has 0 aliphatic carbocycles. The summed E-state index contributed by atoms with van der Waals surface area (Å²) in [7, 11) is 0. The number of likely N-dealkylation sites (N-methyl/N-ethyl adjacent to an activating group) is 2. The second kappa shape index (κ2) is 7.96. The summed E-state index contributed by atoms with van der Waals surface area (Å²) >= 11 is 0. The highest BCUT2D eigenvalue weighted by Gasteiger charge is 2.28. The molecule has 2 atom stereocenters. The Bertz CT molecular complexity index is 365. The SMILES string of the molecule is CCNC(=O)CN(CC)C(c1ccco1)C(N)CC. The van der Waals surface area contributed by atoms with Gasteiger partial charge in [0, 0.05) is 12.6 Å². The van der Waals surface area contributed by atoms with Crippen LogP contribution in [0, 0.1) is 0 Å². The molecule has 0 aromatic carbocycles. The van der Waals surface area contributed by atoms with Gasteiger partial charge in [-0.05, 0) is 32.0 Å². The van der Waals surface area contributed by atoms with Gasteiger partial charge in [0.15, 0.2) is 0 Å². The van der Waals surface area contributed by atoms with Crippen molar-refractivity contribution in [3.8, 4) is 0 Å². The molecule has 0 aliphatic rings. The van der Waals surface area contributed by atoms with E-state index in [2.05, 4.69) is 10.2 Å². The summed E-state index contributed by atoms with van der Waals surface area (Å²) < 4.78 is 5.49. The number of hydrogen-bond acceptors (Lipinski definition) is 4. The summed E-state index contributed by atoms with van der Waals surface area (Å²) in [5.41, 5.74) is 6.20. The number of amides is 1. The average molecular weight is 267 g/mol. The second-order valence-corrected chi connectivity index (χ2v) is 4.55. The summed E-state index contributed by atoms with van der Waals surface area (Å²) in [4.78, 5) is 13.8. The molecule has 0 saturated carbocycles. The van der Waals surface area contributed by atoms with Crippen molar-refractivity contribution in [3.05, 3.63) is 24.2 Å². The number of nitrogens with one attached hydrogen (secondary N) is 1. The van der Waals surface area contributed by atoms with Gasteiger partial charge in [0.25, 0.3) is 0 Å². The van der Waals surface area contributed by atoms with Gasteiger partial charge in [-0.2, -0.15) is 0 Å². The van der Waals surface area contributed by atoms with Crippen LogP contribution in [0.3, 0.4) is 0 Å². The van der Waals surface area contributed by atoms with Crippen LogP contribution in [0.1, 0.15) is 39.0 Å². The Kier molecular flexibility index (Phi) is 6.59. The zero-order valence-electron chi connectivity index (χ0n) is 12.1. The van der Waals surface area contributed by atoms with E-state index in [-0.39, 0.29) is 18.0 Å². The highest BCUT2D eigenvalue weighted by atomic mass is 16.3. The molecule has 0 saturated heterocycles. The van der Waals surface area contributed by atoms with Crippen LogP contribution in [0.25, 0.3) is 0 Å². The minimum absolute atomic E-state index is 0.0178. The van der Waals surface area contributed by atoms with E-state index in [1.165, 1.54) is 0 Å². The van der Waals surface area contributed by atoms with E-state index in [0.29, 0.717) is 13.1 Å². The van der Waals surface area contributed by atoms with E-state index in [9.17, 15) is 4.79 Å². The zero-order chi connectivity index (χ0) is 14.3. The molecule has 19 heavy (non-hydrogen) atoms. The summed E-state index contributed by atoms with van der Waals surface area (Å²) in [6, 6.07) is 3.65. The number of nitrogens with zero attached hydrogens (tertiary/aromatic N) is 1. The first kappa shape index (κ1) is 15.7. The molecule has 0 aliphatic heterocycles. The molecule has 108 valence electrons. The molecular formula is C14H25N3O2. The maximum atomic E-state index is 11.8. The predicted molar refractivity (Wildman–Crippen MR) is 75.6 cm³/mol. The molecule has 1 rings (SSSR count). The van der Waals surface area contributed by atoms with E-state index in [4.69, 9.17) is 10.2 Å². The molecule has 0 fully saturated rings. The molecule has 1 aromatic rings. The van der Waals surface area contributed by atoms with Crippen LogP contribution in [0.4, 0.5) is 0 Å². The Hall–Kier alpha value is -1.33. The fourth-order valence-electron chi connectivity index (χ4n) is 2.19. The standard InChI is InChI=1S/C14H25N3O2/c1-4-11(15)14(12-8-7-9-19-12)17(6-3)10-13(18)16-5-2/h7-9,11,14H,4-6,10,15H2,1-3H3,(H,16,18). The second-order valence-electron chi connectivity index (χ2n) is 4.55. The number of hydrogen-bond donors (Lipinski definition) is 2. The lowest BCUT2D eigenvalue weighted by molar-refractivity contribution is -0.122. The predicted octanol–water partition coefficient (Wildman–Crippen LogP) is 1.52. The molecule has 2 unspecified atom stereocenters. The maximum absolute atomic E-state index is 11.8. The van der Waals surface area contributed by atoms with E-state index in [1.54, 1.807) is 6.26 Å². The smallest absolute Gasteiger partial charge is 0.234 e. The van der Waals surface area contributed by atoms with Crippen molar-refractivity contribution in [1.29, 1.82) is 0 Å². The first-order chi connectivity index (χ1) is 9.13. The first-order valence-corrected chi connectivity index (χ1v) is 6.93. The van der Waals surface area contributed by atoms with Gasteiger partial charge in [-0.15, -0.1) is 0 Å². The van der Waals surface area contributed by atoms with Gasteiger partial charge in [-0.3, -0.25) is 9.69 Å². The first-order valence-electron chi connectivity index (χ1n) is 6.93. The summed E-state index contributed by atoms with van der Waals surface area (Å²) in [6.45, 7) is 7.70. The average Bonchev–Trinajstić information content (AvgIpc) is 2.91. The van der Waals surface area contributed by atoms with Crippen LogP contribution in [-0.2, 0) is 4.79 Å². The fraction of sp³-hybridized carbons (Fsp3) is 0.643. The molecule has 5 heteroatoms. The van der Waals surface area contributed by atoms with Gasteiger partial charge < -0.3 is 15.5 Å². The van der Waals surface area contributed by atoms with E-state index < -0.39 is 0 Å². The summed E-state index contributed by atoms with van der Waals surface area (Å²) in [6.07, 6.45) is 2.47. The number of rotatable bonds is 8. The number of carbonyl (C=O) groups is 1. The van der Waals surface area contributed by atoms with Crippen molar-refractivity contribution in [2.75, 3.05) is 19.6 Å². The van der Waals surface area contributed by atoms with Crippen molar-refractivity contribution in [3.63, 3.8) is 0 Å². The third-order valence-corrected chi connectivity index (χ3v) is 3.23. The minimum Gasteiger partial charge on any atom is -0.468 e. The van der Waals surface area contributed by atoms with E-state index in [0.717, 1.165) is 18.7 Å². The van der Waals surface area contributed by atoms with Crippen LogP contribution in [-0.4, -0.2) is 36.5 Å². The van der Waals surface area contributed by atoms with Gasteiger partial charge in [0.05, 0.1) is 18.8 Å². The Morgan fingerprint density at radius 2 is 2.21 bits per heavy atom. The number of furan rings is 1. The van der Waals surface area contributed by atoms with Gasteiger partial charge in [-0.25, -0.2) is 0 Å². The molecule has 3 N–H and O–H groups in total. The topological polar surface area (TPSA) is 71.5 Å². The van der Waals surface area contributed by atoms with Crippen LogP contribution in [0.2, 0.25) is 0 Å². The van der Waals surface area contributed by atoms with E-state index >= 15 is 0 Å². The molecule has 0 radical (unpaired) electrons. The van der Waals surface area contributed by atoms with Crippen LogP contribution >= 0.6 is 0 Å². The largest absolute Gasteiger partial charge is 0.468 e. The van der Waals surface area contributed by atoms with Crippen molar-refractivity contribution >= 4 is 5.91 Å². The molecule has 1 heterocycles. The fourth-order valence-corrected chi connectivity index (χ4v) is 2.19. The Labute approximate surface area is 115 Å². The lowest BCUT2D eigenvalue weighted by atomic mass is 10.0. The third-order valence-electron chi connectivity index (χ3n) is 3.23. The van der Waals surface area contributed by atoms with Crippen LogP contribution in [0.15, 0.2) is 22.8 Å². The highest BCUT2D eigenvalue weighted by molar-refractivity contribution is 5.78. The summed E-state index contributed by atoms with van der Waals surface area (Å²) in [5.74, 6) is 0.838. The van der Waals surface area contributed by atoms with Crippen molar-refractivity contribution in [2.24, 2.45) is 5.73 Å². The van der Waals surface area contributed by atoms with Gasteiger partial charge in [0.2, 0.25) is 5.91 Å². The highest BCUT2D eigenvalue weighted by Crippen LogP contribution is 2.25. The monoisotopic (exact) mass is 267 g/mol. The molecular weight excluding hydrogens is 242 g/mol. The minimum atomic E-state index is -0.0624. The van der Waals surface area contributed by atoms with Gasteiger partial charge in [-0.1, -0.05) is 13.8 Å². The Balaban J connectivity index is 2.84. The normalized spacial score (nSPS) is 14.4. The lowest BCUT2D eigenvalue weighted by Crippen LogP contribution is -2.45. The quantitative estimate of drug-likeness (QED) is 0.749. The third kappa shape index (κ3) is 4.36. The van der Waals surface area contributed by atoms with Crippen molar-refractivity contribution in [2.45, 2.75) is 39.3 Å².